The maximum Gasteiger partial charge on any atom is 0.243 e. The van der Waals surface area contributed by atoms with Crippen LogP contribution in [-0.2, 0) is 4.79 Å². The van der Waals surface area contributed by atoms with Crippen molar-refractivity contribution < 1.29 is 4.79 Å². The molecule has 0 atom stereocenters. The van der Waals surface area contributed by atoms with Gasteiger partial charge in [-0.3, -0.25) is 14.8 Å². The van der Waals surface area contributed by atoms with E-state index in [0.717, 1.165) is 12.8 Å². The second-order valence-electron chi connectivity index (χ2n) is 4.50. The Labute approximate surface area is 141 Å². The summed E-state index contributed by atoms with van der Waals surface area (Å²) in [6.07, 6.45) is 9.52. The standard InChI is InChI=1S/C14H19N5O.HI/c1-15-14(19-11-5-2-3-6-11)17-10-13(20)18-12-7-4-8-16-9-12;/h2-4,7-9,11H,5-6,10H2,1H3,(H,18,20)(H2,15,17,19);1H. The van der Waals surface area contributed by atoms with E-state index in [2.05, 4.69) is 38.1 Å². The molecule has 0 aromatic carbocycles. The predicted octanol–water partition coefficient (Wildman–Crippen LogP) is 1.52. The van der Waals surface area contributed by atoms with Gasteiger partial charge in [0.05, 0.1) is 18.4 Å². The number of guanidine groups is 1. The van der Waals surface area contributed by atoms with Crippen molar-refractivity contribution in [1.82, 2.24) is 15.6 Å². The minimum absolute atomic E-state index is 0. The van der Waals surface area contributed by atoms with Gasteiger partial charge >= 0.3 is 0 Å². The first kappa shape index (κ1) is 17.4. The normalized spacial score (nSPS) is 14.4. The molecule has 0 spiro atoms. The summed E-state index contributed by atoms with van der Waals surface area (Å²) in [5, 5.41) is 9.02. The number of anilines is 1. The van der Waals surface area contributed by atoms with Crippen molar-refractivity contribution in [1.29, 1.82) is 0 Å². The summed E-state index contributed by atoms with van der Waals surface area (Å²) in [4.78, 5) is 19.8. The van der Waals surface area contributed by atoms with Crippen LogP contribution in [0.25, 0.3) is 0 Å². The highest BCUT2D eigenvalue weighted by Gasteiger charge is 2.12. The van der Waals surface area contributed by atoms with Gasteiger partial charge in [-0.25, -0.2) is 0 Å². The smallest absolute Gasteiger partial charge is 0.243 e. The number of nitrogens with zero attached hydrogens (tertiary/aromatic N) is 2. The van der Waals surface area contributed by atoms with Crippen LogP contribution in [0.5, 0.6) is 0 Å². The van der Waals surface area contributed by atoms with Crippen molar-refractivity contribution in [3.63, 3.8) is 0 Å². The maximum absolute atomic E-state index is 11.8. The molecule has 0 aliphatic heterocycles. The zero-order chi connectivity index (χ0) is 14.2. The number of pyridine rings is 1. The number of amides is 1. The maximum atomic E-state index is 11.8. The van der Waals surface area contributed by atoms with Crippen LogP contribution >= 0.6 is 24.0 Å². The molecule has 2 rings (SSSR count). The molecule has 0 unspecified atom stereocenters. The van der Waals surface area contributed by atoms with E-state index in [1.165, 1.54) is 0 Å². The van der Waals surface area contributed by atoms with Crippen LogP contribution < -0.4 is 16.0 Å². The molecule has 0 radical (unpaired) electrons. The lowest BCUT2D eigenvalue weighted by atomic mass is 10.2. The summed E-state index contributed by atoms with van der Waals surface area (Å²) in [7, 11) is 1.69. The highest BCUT2D eigenvalue weighted by atomic mass is 127. The minimum atomic E-state index is -0.134. The van der Waals surface area contributed by atoms with Crippen LogP contribution in [0.4, 0.5) is 5.69 Å². The van der Waals surface area contributed by atoms with Gasteiger partial charge in [-0.2, -0.15) is 0 Å². The van der Waals surface area contributed by atoms with Crippen molar-refractivity contribution in [2.24, 2.45) is 4.99 Å². The Morgan fingerprint density at radius 1 is 1.43 bits per heavy atom. The monoisotopic (exact) mass is 401 g/mol. The molecule has 1 aromatic rings. The summed E-state index contributed by atoms with van der Waals surface area (Å²) < 4.78 is 0. The van der Waals surface area contributed by atoms with Gasteiger partial charge in [-0.15, -0.1) is 24.0 Å². The SMILES string of the molecule is CN=C(NCC(=O)Nc1cccnc1)NC1CC=CC1.I. The van der Waals surface area contributed by atoms with Crippen LogP contribution in [0.15, 0.2) is 41.7 Å². The lowest BCUT2D eigenvalue weighted by Gasteiger charge is -2.16. The van der Waals surface area contributed by atoms with Crippen LogP contribution in [0.1, 0.15) is 12.8 Å². The molecule has 0 saturated heterocycles. The molecule has 0 saturated carbocycles. The van der Waals surface area contributed by atoms with Gasteiger partial charge in [0, 0.05) is 19.3 Å². The molecule has 1 amide bonds. The van der Waals surface area contributed by atoms with E-state index < -0.39 is 0 Å². The second-order valence-corrected chi connectivity index (χ2v) is 4.50. The summed E-state index contributed by atoms with van der Waals surface area (Å²) in [6, 6.07) is 3.93. The zero-order valence-electron chi connectivity index (χ0n) is 11.9. The first-order valence-corrected chi connectivity index (χ1v) is 6.60. The Kier molecular flexibility index (Phi) is 7.73. The van der Waals surface area contributed by atoms with Gasteiger partial charge in [0.25, 0.3) is 0 Å². The second kappa shape index (κ2) is 9.32. The van der Waals surface area contributed by atoms with Crippen molar-refractivity contribution in [2.75, 3.05) is 18.9 Å². The number of carbonyl (C=O) groups is 1. The molecule has 0 fully saturated rings. The molecule has 1 aliphatic carbocycles. The van der Waals surface area contributed by atoms with Crippen LogP contribution in [0.3, 0.4) is 0 Å². The Balaban J connectivity index is 0.00000220. The molecule has 3 N–H and O–H groups in total. The quantitative estimate of drug-likeness (QED) is 0.310. The fourth-order valence-electron chi connectivity index (χ4n) is 1.93. The zero-order valence-corrected chi connectivity index (χ0v) is 14.2. The predicted molar refractivity (Wildman–Crippen MR) is 94.9 cm³/mol. The van der Waals surface area contributed by atoms with E-state index >= 15 is 0 Å². The van der Waals surface area contributed by atoms with E-state index in [1.54, 1.807) is 31.6 Å². The van der Waals surface area contributed by atoms with Gasteiger partial charge in [0.2, 0.25) is 5.91 Å². The summed E-state index contributed by atoms with van der Waals surface area (Å²) in [5.74, 6) is 0.505. The van der Waals surface area contributed by atoms with Gasteiger partial charge in [-0.1, -0.05) is 12.2 Å². The number of nitrogens with one attached hydrogen (secondary N) is 3. The van der Waals surface area contributed by atoms with Gasteiger partial charge in [0.1, 0.15) is 0 Å². The van der Waals surface area contributed by atoms with Gasteiger partial charge in [0.15, 0.2) is 5.96 Å². The number of aliphatic imine (C=N–C) groups is 1. The lowest BCUT2D eigenvalue weighted by Crippen LogP contribution is -2.45. The van der Waals surface area contributed by atoms with Crippen molar-refractivity contribution in [2.45, 2.75) is 18.9 Å². The third-order valence-electron chi connectivity index (χ3n) is 2.93. The Hall–Kier alpha value is -1.64. The summed E-state index contributed by atoms with van der Waals surface area (Å²) in [5.41, 5.74) is 0.683. The van der Waals surface area contributed by atoms with Crippen LogP contribution in [0.2, 0.25) is 0 Å². The fraction of sp³-hybridized carbons (Fsp3) is 0.357. The molecular weight excluding hydrogens is 381 g/mol. The highest BCUT2D eigenvalue weighted by molar-refractivity contribution is 14.0. The molecule has 1 aromatic heterocycles. The molecular formula is C14H20IN5O. The number of carbonyl (C=O) groups excluding carboxylic acids is 1. The first-order valence-electron chi connectivity index (χ1n) is 6.60. The fourth-order valence-corrected chi connectivity index (χ4v) is 1.93. The number of halogens is 1. The van der Waals surface area contributed by atoms with E-state index in [1.807, 2.05) is 0 Å². The van der Waals surface area contributed by atoms with Crippen molar-refractivity contribution in [3.8, 4) is 0 Å². The highest BCUT2D eigenvalue weighted by Crippen LogP contribution is 2.08. The van der Waals surface area contributed by atoms with Crippen LogP contribution in [0, 0.1) is 0 Å². The van der Waals surface area contributed by atoms with Crippen LogP contribution in [-0.4, -0.2) is 36.5 Å². The third-order valence-corrected chi connectivity index (χ3v) is 2.93. The Morgan fingerprint density at radius 2 is 2.19 bits per heavy atom. The lowest BCUT2D eigenvalue weighted by molar-refractivity contribution is -0.115. The van der Waals surface area contributed by atoms with E-state index in [0.29, 0.717) is 17.7 Å². The topological polar surface area (TPSA) is 78.4 Å². The molecule has 7 heteroatoms. The molecule has 1 aliphatic rings. The Bertz CT molecular complexity index is 495. The molecule has 1 heterocycles. The van der Waals surface area contributed by atoms with E-state index in [-0.39, 0.29) is 36.4 Å². The third kappa shape index (κ3) is 6.11. The minimum Gasteiger partial charge on any atom is -0.353 e. The van der Waals surface area contributed by atoms with Crippen molar-refractivity contribution >= 4 is 41.5 Å². The van der Waals surface area contributed by atoms with E-state index in [9.17, 15) is 4.79 Å². The molecule has 6 nitrogen and oxygen atoms in total. The number of hydrogen-bond acceptors (Lipinski definition) is 3. The van der Waals surface area contributed by atoms with E-state index in [4.69, 9.17) is 0 Å². The largest absolute Gasteiger partial charge is 0.353 e. The molecule has 0 bridgehead atoms. The van der Waals surface area contributed by atoms with Gasteiger partial charge in [-0.05, 0) is 25.0 Å². The number of rotatable bonds is 4. The average Bonchev–Trinajstić information content (AvgIpc) is 2.97. The number of aromatic nitrogens is 1. The molecule has 21 heavy (non-hydrogen) atoms. The average molecular weight is 401 g/mol. The number of hydrogen-bond donors (Lipinski definition) is 3. The Morgan fingerprint density at radius 3 is 2.81 bits per heavy atom. The first-order chi connectivity index (χ1) is 9.78. The van der Waals surface area contributed by atoms with Gasteiger partial charge < -0.3 is 16.0 Å². The molecule has 114 valence electrons. The summed E-state index contributed by atoms with van der Waals surface area (Å²) in [6.45, 7) is 0.161. The van der Waals surface area contributed by atoms with Crippen molar-refractivity contribution in [3.05, 3.63) is 36.7 Å². The summed E-state index contributed by atoms with van der Waals surface area (Å²) >= 11 is 0.